The van der Waals surface area contributed by atoms with E-state index < -0.39 is 17.2 Å². The highest BCUT2D eigenvalue weighted by molar-refractivity contribution is 8.01. The van der Waals surface area contributed by atoms with Crippen molar-refractivity contribution in [3.05, 3.63) is 16.3 Å². The molecule has 1 heterocycles. The van der Waals surface area contributed by atoms with Crippen LogP contribution in [0.1, 0.15) is 23.5 Å². The molecule has 1 aromatic heterocycles. The predicted molar refractivity (Wildman–Crippen MR) is 83.0 cm³/mol. The number of aliphatic carboxylic acids is 1. The Bertz CT molecular complexity index is 526. The summed E-state index contributed by atoms with van der Waals surface area (Å²) in [6.07, 6.45) is 0. The number of thioether (sulfide) groups is 1. The minimum Gasteiger partial charge on any atom is -0.480 e. The molecule has 6 nitrogen and oxygen atoms in total. The molecular weight excluding hydrogens is 314 g/mol. The number of hydrogen-bond donors (Lipinski definition) is 2. The Labute approximate surface area is 130 Å². The fourth-order valence-corrected chi connectivity index (χ4v) is 3.26. The van der Waals surface area contributed by atoms with Gasteiger partial charge in [-0.1, -0.05) is 13.8 Å². The van der Waals surface area contributed by atoms with Crippen LogP contribution in [0.25, 0.3) is 0 Å². The molecule has 0 radical (unpaired) electrons. The van der Waals surface area contributed by atoms with E-state index in [1.54, 1.807) is 25.3 Å². The quantitative estimate of drug-likeness (QED) is 0.745. The topological polar surface area (TPSA) is 92.7 Å². The summed E-state index contributed by atoms with van der Waals surface area (Å²) >= 11 is 2.23. The third-order valence-corrected chi connectivity index (χ3v) is 4.98. The molecule has 0 bridgehead atoms. The van der Waals surface area contributed by atoms with Crippen LogP contribution in [-0.2, 0) is 14.3 Å². The molecule has 0 aliphatic heterocycles. The van der Waals surface area contributed by atoms with Crippen LogP contribution < -0.4 is 5.32 Å². The van der Waals surface area contributed by atoms with Gasteiger partial charge in [0, 0.05) is 0 Å². The van der Waals surface area contributed by atoms with Gasteiger partial charge in [0.2, 0.25) is 5.91 Å². The van der Waals surface area contributed by atoms with Crippen molar-refractivity contribution >= 4 is 46.6 Å². The largest absolute Gasteiger partial charge is 0.480 e. The van der Waals surface area contributed by atoms with Gasteiger partial charge in [-0.05, 0) is 17.4 Å². The van der Waals surface area contributed by atoms with Crippen molar-refractivity contribution in [2.24, 2.45) is 5.92 Å². The van der Waals surface area contributed by atoms with Gasteiger partial charge < -0.3 is 15.2 Å². The van der Waals surface area contributed by atoms with Gasteiger partial charge in [0.25, 0.3) is 0 Å². The molecular formula is C13H17NO5S2. The van der Waals surface area contributed by atoms with E-state index in [4.69, 9.17) is 5.11 Å². The van der Waals surface area contributed by atoms with Crippen molar-refractivity contribution in [1.29, 1.82) is 0 Å². The van der Waals surface area contributed by atoms with Crippen LogP contribution in [0.4, 0.5) is 5.69 Å². The smallest absolute Gasteiger partial charge is 0.350 e. The summed E-state index contributed by atoms with van der Waals surface area (Å²) in [5, 5.41) is 12.7. The fraction of sp³-hybridized carbons (Fsp3) is 0.462. The van der Waals surface area contributed by atoms with E-state index in [2.05, 4.69) is 10.1 Å². The van der Waals surface area contributed by atoms with E-state index in [0.29, 0.717) is 10.6 Å². The molecule has 1 rings (SSSR count). The Morgan fingerprint density at radius 1 is 1.43 bits per heavy atom. The lowest BCUT2D eigenvalue weighted by atomic mass is 10.1. The standard InChI is InChI=1S/C13H17NO5S2/c1-7(2)10(12(16)17)21-6-9(15)14-8-4-5-20-11(8)13(18)19-3/h4-5,7,10H,6H2,1-3H3,(H,14,15)(H,16,17). The first-order valence-electron chi connectivity index (χ1n) is 6.16. The Kier molecular flexibility index (Phi) is 6.70. The van der Waals surface area contributed by atoms with E-state index in [9.17, 15) is 14.4 Å². The van der Waals surface area contributed by atoms with Gasteiger partial charge >= 0.3 is 11.9 Å². The maximum atomic E-state index is 11.9. The number of carbonyl (C=O) groups is 3. The minimum absolute atomic E-state index is 0.00556. The van der Waals surface area contributed by atoms with E-state index in [1.165, 1.54) is 18.4 Å². The molecule has 1 amide bonds. The number of hydrogen-bond acceptors (Lipinski definition) is 6. The number of thiophene rings is 1. The fourth-order valence-electron chi connectivity index (χ4n) is 1.56. The molecule has 0 saturated heterocycles. The maximum absolute atomic E-state index is 11.9. The molecule has 2 N–H and O–H groups in total. The van der Waals surface area contributed by atoms with E-state index in [1.807, 2.05) is 0 Å². The van der Waals surface area contributed by atoms with E-state index in [-0.39, 0.29) is 17.6 Å². The van der Waals surface area contributed by atoms with Crippen molar-refractivity contribution in [3.63, 3.8) is 0 Å². The zero-order chi connectivity index (χ0) is 16.0. The number of esters is 1. The van der Waals surface area contributed by atoms with Gasteiger partial charge in [-0.25, -0.2) is 4.79 Å². The molecule has 116 valence electrons. The van der Waals surface area contributed by atoms with Crippen molar-refractivity contribution in [2.45, 2.75) is 19.1 Å². The van der Waals surface area contributed by atoms with Gasteiger partial charge in [0.1, 0.15) is 10.1 Å². The van der Waals surface area contributed by atoms with Crippen molar-refractivity contribution in [2.75, 3.05) is 18.2 Å². The summed E-state index contributed by atoms with van der Waals surface area (Å²) < 4.78 is 4.62. The van der Waals surface area contributed by atoms with Gasteiger partial charge in [-0.15, -0.1) is 23.1 Å². The molecule has 0 aliphatic rings. The first-order chi connectivity index (χ1) is 9.86. The number of anilines is 1. The van der Waals surface area contributed by atoms with Gasteiger partial charge in [-0.2, -0.15) is 0 Å². The molecule has 1 atom stereocenters. The number of methoxy groups -OCH3 is 1. The van der Waals surface area contributed by atoms with Crippen LogP contribution in [0, 0.1) is 5.92 Å². The number of rotatable bonds is 7. The highest BCUT2D eigenvalue weighted by Crippen LogP contribution is 2.24. The lowest BCUT2D eigenvalue weighted by Gasteiger charge is -2.15. The summed E-state index contributed by atoms with van der Waals surface area (Å²) in [6, 6.07) is 1.61. The number of carboxylic acids is 1. The monoisotopic (exact) mass is 331 g/mol. The first-order valence-corrected chi connectivity index (χ1v) is 8.09. The Morgan fingerprint density at radius 3 is 2.62 bits per heavy atom. The molecule has 0 aliphatic carbocycles. The second-order valence-corrected chi connectivity index (χ2v) is 6.56. The minimum atomic E-state index is -0.936. The Balaban J connectivity index is 2.60. The number of amides is 1. The first kappa shape index (κ1) is 17.5. The zero-order valence-corrected chi connectivity index (χ0v) is 13.5. The molecule has 21 heavy (non-hydrogen) atoms. The second-order valence-electron chi connectivity index (χ2n) is 4.52. The third kappa shape index (κ3) is 5.05. The summed E-state index contributed by atoms with van der Waals surface area (Å²) in [6.45, 7) is 3.58. The summed E-state index contributed by atoms with van der Waals surface area (Å²) in [4.78, 5) is 34.7. The Hall–Kier alpha value is -1.54. The number of carboxylic acid groups (broad SMARTS) is 1. The third-order valence-electron chi connectivity index (χ3n) is 2.55. The van der Waals surface area contributed by atoms with Crippen molar-refractivity contribution < 1.29 is 24.2 Å². The highest BCUT2D eigenvalue weighted by Gasteiger charge is 2.23. The van der Waals surface area contributed by atoms with Crippen molar-refractivity contribution in [3.8, 4) is 0 Å². The maximum Gasteiger partial charge on any atom is 0.350 e. The van der Waals surface area contributed by atoms with Gasteiger partial charge in [0.05, 0.1) is 18.6 Å². The highest BCUT2D eigenvalue weighted by atomic mass is 32.2. The zero-order valence-electron chi connectivity index (χ0n) is 11.9. The summed E-state index contributed by atoms with van der Waals surface area (Å²) in [7, 11) is 1.27. The lowest BCUT2D eigenvalue weighted by Crippen LogP contribution is -2.25. The van der Waals surface area contributed by atoms with Crippen LogP contribution in [0.3, 0.4) is 0 Å². The predicted octanol–water partition coefficient (Wildman–Crippen LogP) is 2.32. The average molecular weight is 331 g/mol. The number of carbonyl (C=O) groups excluding carboxylic acids is 2. The molecule has 1 aromatic rings. The Morgan fingerprint density at radius 2 is 2.10 bits per heavy atom. The van der Waals surface area contributed by atoms with Crippen LogP contribution in [0.5, 0.6) is 0 Å². The van der Waals surface area contributed by atoms with Crippen LogP contribution in [0.15, 0.2) is 11.4 Å². The summed E-state index contributed by atoms with van der Waals surface area (Å²) in [5.41, 5.74) is 0.383. The molecule has 0 spiro atoms. The SMILES string of the molecule is COC(=O)c1sccc1NC(=O)CSC(C(=O)O)C(C)C. The van der Waals surface area contributed by atoms with E-state index >= 15 is 0 Å². The molecule has 0 fully saturated rings. The van der Waals surface area contributed by atoms with Gasteiger partial charge in [-0.3, -0.25) is 9.59 Å². The van der Waals surface area contributed by atoms with Crippen LogP contribution >= 0.6 is 23.1 Å². The summed E-state index contributed by atoms with van der Waals surface area (Å²) in [5.74, 6) is -1.87. The van der Waals surface area contributed by atoms with Crippen LogP contribution in [-0.4, -0.2) is 41.1 Å². The normalized spacial score (nSPS) is 12.0. The van der Waals surface area contributed by atoms with Crippen LogP contribution in [0.2, 0.25) is 0 Å². The number of nitrogens with one attached hydrogen (secondary N) is 1. The molecule has 8 heteroatoms. The average Bonchev–Trinajstić information content (AvgIpc) is 2.85. The lowest BCUT2D eigenvalue weighted by molar-refractivity contribution is -0.137. The second kappa shape index (κ2) is 8.04. The van der Waals surface area contributed by atoms with E-state index in [0.717, 1.165) is 11.8 Å². The van der Waals surface area contributed by atoms with Gasteiger partial charge in [0.15, 0.2) is 0 Å². The molecule has 0 aromatic carbocycles. The van der Waals surface area contributed by atoms with Crippen molar-refractivity contribution in [1.82, 2.24) is 0 Å². The molecule has 0 saturated carbocycles. The molecule has 1 unspecified atom stereocenters. The number of ether oxygens (including phenoxy) is 1.